The van der Waals surface area contributed by atoms with Crippen molar-refractivity contribution in [2.75, 3.05) is 60.8 Å². The number of hydrogen-bond donors (Lipinski definition) is 1. The van der Waals surface area contributed by atoms with Gasteiger partial charge >= 0.3 is 0 Å². The first-order valence-electron chi connectivity index (χ1n) is 22.3. The van der Waals surface area contributed by atoms with E-state index in [1.165, 1.54) is 49.6 Å². The molecule has 3 heterocycles. The third kappa shape index (κ3) is 15.0. The van der Waals surface area contributed by atoms with Gasteiger partial charge in [0.05, 0.1) is 86.3 Å². The average molecular weight is 1220 g/mol. The van der Waals surface area contributed by atoms with E-state index in [1.54, 1.807) is 69.6 Å². The van der Waals surface area contributed by atoms with Gasteiger partial charge in [0, 0.05) is 88.2 Å². The monoisotopic (exact) mass is 1210 g/mol. The molecule has 1 aromatic heterocycles. The van der Waals surface area contributed by atoms with E-state index < -0.39 is 46.9 Å². The second kappa shape index (κ2) is 24.9. The second-order valence-corrected chi connectivity index (χ2v) is 26.2. The maximum absolute atomic E-state index is 13.2. The van der Waals surface area contributed by atoms with Crippen molar-refractivity contribution in [3.8, 4) is 5.69 Å². The highest BCUT2D eigenvalue weighted by Crippen LogP contribution is 2.33. The molecule has 2 amide bonds. The first-order chi connectivity index (χ1) is 35.2. The van der Waals surface area contributed by atoms with Crippen LogP contribution in [0, 0.1) is 20.8 Å². The van der Waals surface area contributed by atoms with Crippen LogP contribution in [0.1, 0.15) is 22.4 Å². The Balaban J connectivity index is 0.000000212. The number of nitrogens with one attached hydrogen (secondary N) is 1. The third-order valence-electron chi connectivity index (χ3n) is 10.8. The lowest BCUT2D eigenvalue weighted by molar-refractivity contribution is -0.124. The first kappa shape index (κ1) is 61.4. The van der Waals surface area contributed by atoms with E-state index in [0.717, 1.165) is 10.7 Å². The van der Waals surface area contributed by atoms with Crippen LogP contribution in [0.25, 0.3) is 18.5 Å². The van der Waals surface area contributed by atoms with Gasteiger partial charge in [-0.15, -0.1) is 0 Å². The fraction of sp³-hybridized carbons (Fsp3) is 0.260. The van der Waals surface area contributed by atoms with Gasteiger partial charge in [-0.2, -0.15) is 15.3 Å². The largest absolute Gasteiger partial charge is 0.383 e. The predicted molar refractivity (Wildman–Crippen MR) is 304 cm³/mol. The van der Waals surface area contributed by atoms with Gasteiger partial charge in [0.1, 0.15) is 0 Å². The van der Waals surface area contributed by atoms with E-state index in [1.807, 2.05) is 55.5 Å². The van der Waals surface area contributed by atoms with Crippen molar-refractivity contribution in [2.24, 2.45) is 10.2 Å². The van der Waals surface area contributed by atoms with Crippen LogP contribution < -0.4 is 16.0 Å². The van der Waals surface area contributed by atoms with Crippen molar-refractivity contribution >= 4 is 135 Å². The minimum Gasteiger partial charge on any atom is -0.383 e. The van der Waals surface area contributed by atoms with Gasteiger partial charge in [0.2, 0.25) is 0 Å². The number of sulfone groups is 3. The zero-order valence-corrected chi connectivity index (χ0v) is 49.7. The molecular weight excluding hydrogens is 1160 g/mol. The van der Waals surface area contributed by atoms with E-state index in [-0.39, 0.29) is 64.0 Å². The van der Waals surface area contributed by atoms with Crippen molar-refractivity contribution < 1.29 is 34.8 Å². The summed E-state index contributed by atoms with van der Waals surface area (Å²) in [5, 5.41) is 16.2. The molecule has 4 aromatic carbocycles. The Labute approximate surface area is 472 Å². The van der Waals surface area contributed by atoms with E-state index in [0.29, 0.717) is 48.0 Å². The number of hydrogen-bond acceptors (Lipinski definition) is 14. The Bertz CT molecular complexity index is 3720. The molecule has 2 aliphatic rings. The number of rotatable bonds is 13. The van der Waals surface area contributed by atoms with Crippen LogP contribution in [-0.4, -0.2) is 139 Å². The molecule has 0 spiro atoms. The Kier molecular flexibility index (Phi) is 20.1. The number of aromatic nitrogens is 2. The van der Waals surface area contributed by atoms with Gasteiger partial charge in [-0.05, 0) is 86.0 Å². The van der Waals surface area contributed by atoms with Gasteiger partial charge < -0.3 is 14.7 Å². The molecule has 2 aliphatic heterocycles. The third-order valence-corrected chi connectivity index (χ3v) is 18.3. The summed E-state index contributed by atoms with van der Waals surface area (Å²) in [4.78, 5) is 29.0. The highest BCUT2D eigenvalue weighted by molar-refractivity contribution is 7.92. The number of carbonyl (C=O) groups excluding carboxylic acids is 2. The summed E-state index contributed by atoms with van der Waals surface area (Å²) in [5.41, 5.74) is 6.09. The van der Waals surface area contributed by atoms with Crippen LogP contribution in [-0.2, 0) is 44.9 Å². The van der Waals surface area contributed by atoms with Gasteiger partial charge in [0.25, 0.3) is 11.8 Å². The van der Waals surface area contributed by atoms with Crippen molar-refractivity contribution in [2.45, 2.75) is 41.2 Å². The summed E-state index contributed by atoms with van der Waals surface area (Å²) in [6.45, 7) is 9.24. The van der Waals surface area contributed by atoms with E-state index >= 15 is 0 Å². The lowest BCUT2D eigenvalue weighted by atomic mass is 10.2. The number of likely N-dealkylation sites (N-methyl/N-ethyl adjacent to an activating group) is 1. The van der Waals surface area contributed by atoms with Crippen molar-refractivity contribution in [3.63, 3.8) is 0 Å². The number of hydrazone groups is 2. The zero-order valence-electron chi connectivity index (χ0n) is 42.7. The molecule has 0 radical (unpaired) electrons. The quantitative estimate of drug-likeness (QED) is 0.114. The van der Waals surface area contributed by atoms with Crippen molar-refractivity contribution in [3.05, 3.63) is 153 Å². The van der Waals surface area contributed by atoms with Gasteiger partial charge in [0.15, 0.2) is 29.5 Å². The predicted octanol–water partition coefficient (Wildman–Crippen LogP) is 7.53. The number of para-hydroxylation sites is 1. The maximum atomic E-state index is 13.2. The van der Waals surface area contributed by atoms with Gasteiger partial charge in [-0.25, -0.2) is 40.4 Å². The average Bonchev–Trinajstić information content (AvgIpc) is 3.89. The molecule has 0 atom stereocenters. The normalized spacial score (nSPS) is 15.0. The van der Waals surface area contributed by atoms with Crippen LogP contribution in [0.4, 0.5) is 0 Å². The molecule has 76 heavy (non-hydrogen) atoms. The Morgan fingerprint density at radius 1 is 0.579 bits per heavy atom. The molecule has 0 bridgehead atoms. The molecule has 26 heteroatoms. The minimum absolute atomic E-state index is 0.0278. The topological polar surface area (TPSA) is 204 Å². The first-order valence-corrected chi connectivity index (χ1v) is 29.5. The molecule has 0 saturated carbocycles. The number of benzene rings is 4. The summed E-state index contributed by atoms with van der Waals surface area (Å²) in [6.07, 6.45) is 4.88. The zero-order chi connectivity index (χ0) is 56.9. The van der Waals surface area contributed by atoms with Crippen LogP contribution >= 0.6 is 69.6 Å². The standard InChI is InChI=1S/C21H21Cl2N3O2S.C15H17Cl2N3O3S.C14H15Cl2N3O3S/c1-14-10-21(19(23)11-18(14)22)29(27,28)13-20-17(12-25(3)4)15(2)26(24-20)16-8-6-5-7-9-16;1-9-5-14(12(17)6-11(9)16)24(22,23)8-13-10(7-19(2)3)15(21)20(4)18-13;1-8-4-13(11(16)5-10(8)15)23(21,22)7-12-9(6-19(2)3)14(20)18-17-12/h5-12H,2,13H2,1,3-4H3;5-7H,8H2,1-4H3;4-6H,7H2,1-3H3,(H,18,20). The molecule has 7 rings (SSSR count). The maximum Gasteiger partial charge on any atom is 0.277 e. The molecular formula is C50H53Cl6N9O8S3. The van der Waals surface area contributed by atoms with E-state index in [9.17, 15) is 34.8 Å². The second-order valence-electron chi connectivity index (χ2n) is 17.9. The Morgan fingerprint density at radius 2 is 0.987 bits per heavy atom. The van der Waals surface area contributed by atoms with Crippen molar-refractivity contribution in [1.29, 1.82) is 0 Å². The molecule has 5 aromatic rings. The Morgan fingerprint density at radius 3 is 1.42 bits per heavy atom. The minimum atomic E-state index is -3.79. The summed E-state index contributed by atoms with van der Waals surface area (Å²) < 4.78 is 78.7. The fourth-order valence-corrected chi connectivity index (χ4v) is 13.7. The number of nitrogens with zero attached hydrogens (tertiary/aromatic N) is 8. The number of carbonyl (C=O) groups is 2. The molecule has 0 fully saturated rings. The lowest BCUT2D eigenvalue weighted by Crippen LogP contribution is -2.31. The molecule has 0 aliphatic carbocycles. The molecule has 1 N–H and O–H groups in total. The van der Waals surface area contributed by atoms with Gasteiger partial charge in [-0.1, -0.05) is 94.4 Å². The van der Waals surface area contributed by atoms with Crippen molar-refractivity contribution in [1.82, 2.24) is 34.9 Å². The molecule has 406 valence electrons. The lowest BCUT2D eigenvalue weighted by Gasteiger charge is -2.10. The number of amides is 2. The summed E-state index contributed by atoms with van der Waals surface area (Å²) >= 11 is 36.2. The summed E-state index contributed by atoms with van der Waals surface area (Å²) in [7, 11) is 0.799. The van der Waals surface area contributed by atoms with E-state index in [2.05, 4.69) is 27.3 Å². The SMILES string of the molecule is C=c1c(=CN(C)C)c(CS(=O)(=O)c2cc(C)c(Cl)cc2Cl)nn1-c1ccccc1.Cc1cc(S(=O)(=O)CC2=NN(C)C(=O)C2=CN(C)C)c(Cl)cc1Cl.Cc1cc(S(=O)(=O)CC2=NNC(=O)C2=CN(C)C)c(Cl)cc1Cl. The van der Waals surface area contributed by atoms with Gasteiger partial charge in [-0.3, -0.25) is 9.59 Å². The van der Waals surface area contributed by atoms with Crippen LogP contribution in [0.15, 0.2) is 115 Å². The summed E-state index contributed by atoms with van der Waals surface area (Å²) in [6, 6.07) is 18.0. The smallest absolute Gasteiger partial charge is 0.277 e. The van der Waals surface area contributed by atoms with Crippen LogP contribution in [0.3, 0.4) is 0 Å². The molecule has 0 unspecified atom stereocenters. The molecule has 0 saturated heterocycles. The Hall–Kier alpha value is -5.42. The van der Waals surface area contributed by atoms with Crippen LogP contribution in [0.5, 0.6) is 0 Å². The summed E-state index contributed by atoms with van der Waals surface area (Å²) in [5.74, 6) is -1.97. The molecule has 17 nitrogen and oxygen atoms in total. The van der Waals surface area contributed by atoms with Crippen LogP contribution in [0.2, 0.25) is 30.1 Å². The van der Waals surface area contributed by atoms with E-state index in [4.69, 9.17) is 69.6 Å². The number of halogens is 6. The highest BCUT2D eigenvalue weighted by atomic mass is 35.5. The highest BCUT2D eigenvalue weighted by Gasteiger charge is 2.33. The number of aryl methyl sites for hydroxylation is 3. The fourth-order valence-electron chi connectivity index (χ4n) is 7.14.